The summed E-state index contributed by atoms with van der Waals surface area (Å²) in [6, 6.07) is 6.08. The molecule has 0 aliphatic carbocycles. The molecule has 0 aromatic heterocycles. The summed E-state index contributed by atoms with van der Waals surface area (Å²) in [5, 5.41) is 0. The van der Waals surface area contributed by atoms with E-state index in [2.05, 4.69) is 26.3 Å². The Kier molecular flexibility index (Phi) is 15.8. The fourth-order valence-electron chi connectivity index (χ4n) is 2.73. The second kappa shape index (κ2) is 17.8. The average molecular weight is 601 g/mol. The highest BCUT2D eigenvalue weighted by molar-refractivity contribution is 5.93. The Balaban J connectivity index is 0.00000422. The minimum absolute atomic E-state index is 0.0373. The van der Waals surface area contributed by atoms with Crippen molar-refractivity contribution in [1.82, 2.24) is 0 Å². The molecule has 0 bridgehead atoms. The van der Waals surface area contributed by atoms with E-state index in [1.54, 1.807) is 0 Å². The molecule has 0 aliphatic heterocycles. The van der Waals surface area contributed by atoms with Gasteiger partial charge in [0.05, 0.1) is 5.56 Å². The number of ether oxygens (including phenoxy) is 4. The predicted molar refractivity (Wildman–Crippen MR) is 161 cm³/mol. The largest absolute Gasteiger partial charge is 0.419 e. The molecule has 10 heteroatoms. The number of carbonyl (C=O) groups is 4. The molecule has 0 unspecified atom stereocenters. The number of hydrogen-bond donors (Lipinski definition) is 0. The van der Waals surface area contributed by atoms with E-state index in [4.69, 9.17) is 18.9 Å². The molecular weight excluding hydrogens is 562 g/mol. The first kappa shape index (κ1) is 38.1. The predicted octanol–water partition coefficient (Wildman–Crippen LogP) is 8.27. The van der Waals surface area contributed by atoms with Gasteiger partial charge in [-0.25, -0.2) is 28.0 Å². The van der Waals surface area contributed by atoms with Gasteiger partial charge in [-0.05, 0) is 63.1 Å². The molecule has 0 saturated carbocycles. The normalized spacial score (nSPS) is 9.65. The topological polar surface area (TPSA) is 105 Å². The summed E-state index contributed by atoms with van der Waals surface area (Å²) in [6.07, 6.45) is -3.17. The summed E-state index contributed by atoms with van der Waals surface area (Å²) in [5.41, 5.74) is -0.562. The Morgan fingerprint density at radius 3 is 1.35 bits per heavy atom. The van der Waals surface area contributed by atoms with Gasteiger partial charge in [0.15, 0.2) is 23.0 Å². The summed E-state index contributed by atoms with van der Waals surface area (Å²) in [4.78, 5) is 48.7. The van der Waals surface area contributed by atoms with Gasteiger partial charge in [0.1, 0.15) is 0 Å². The van der Waals surface area contributed by atoms with Gasteiger partial charge in [0.2, 0.25) is 0 Å². The van der Waals surface area contributed by atoms with Gasteiger partial charge in [0.25, 0.3) is 6.43 Å². The van der Waals surface area contributed by atoms with Crippen LogP contribution in [0.15, 0.2) is 78.9 Å². The minimum Gasteiger partial charge on any atom is -0.419 e. The third-order valence-corrected chi connectivity index (χ3v) is 4.79. The Bertz CT molecular complexity index is 1420. The molecule has 0 radical (unpaired) electrons. The Hall–Kier alpha value is -4.86. The van der Waals surface area contributed by atoms with Crippen LogP contribution in [-0.2, 0) is 19.2 Å². The molecule has 0 spiro atoms. The van der Waals surface area contributed by atoms with E-state index in [9.17, 15) is 28.0 Å². The number of carbonyl (C=O) groups excluding carboxylic acids is 4. The second-order valence-electron chi connectivity index (χ2n) is 8.53. The van der Waals surface area contributed by atoms with Gasteiger partial charge >= 0.3 is 23.9 Å². The first-order valence-electron chi connectivity index (χ1n) is 13.2. The molecular formula is C33H38F2O8. The van der Waals surface area contributed by atoms with E-state index < -0.39 is 47.4 Å². The first-order valence-corrected chi connectivity index (χ1v) is 13.2. The van der Waals surface area contributed by atoms with E-state index in [0.29, 0.717) is 0 Å². The summed E-state index contributed by atoms with van der Waals surface area (Å²) in [6.45, 7) is 27.3. The molecule has 2 aromatic rings. The van der Waals surface area contributed by atoms with E-state index in [-0.39, 0.29) is 44.9 Å². The third-order valence-electron chi connectivity index (χ3n) is 4.79. The standard InChI is InChI=1S/C29H26F2O8.2C2H6/c1-14(2)26(32)36-21-10-9-18(12-22(21)37-27(33)15(3)4)19-11-20(25(30)31)24(39-29(35)17(7)8)23(13-19)38-28(34)16(5)6;2*1-2/h9-13,25H,1,3,5,7H2,2,4,6,8H3;2*1-2H3. The Labute approximate surface area is 251 Å². The van der Waals surface area contributed by atoms with Crippen molar-refractivity contribution in [3.05, 3.63) is 84.5 Å². The molecule has 43 heavy (non-hydrogen) atoms. The van der Waals surface area contributed by atoms with Crippen molar-refractivity contribution < 1.29 is 46.9 Å². The number of halogens is 2. The van der Waals surface area contributed by atoms with Crippen LogP contribution in [0.3, 0.4) is 0 Å². The maximum absolute atomic E-state index is 14.2. The Morgan fingerprint density at radius 1 is 0.558 bits per heavy atom. The summed E-state index contributed by atoms with van der Waals surface area (Å²) in [5.74, 6) is -5.18. The highest BCUT2D eigenvalue weighted by Crippen LogP contribution is 2.43. The molecule has 2 rings (SSSR count). The molecule has 8 nitrogen and oxygen atoms in total. The third kappa shape index (κ3) is 11.1. The van der Waals surface area contributed by atoms with Crippen molar-refractivity contribution >= 4 is 23.9 Å². The van der Waals surface area contributed by atoms with E-state index in [1.165, 1.54) is 52.0 Å². The quantitative estimate of drug-likeness (QED) is 0.152. The van der Waals surface area contributed by atoms with Crippen molar-refractivity contribution in [2.75, 3.05) is 0 Å². The van der Waals surface area contributed by atoms with Crippen LogP contribution in [0.4, 0.5) is 8.78 Å². The van der Waals surface area contributed by atoms with Crippen LogP contribution >= 0.6 is 0 Å². The number of esters is 4. The van der Waals surface area contributed by atoms with Crippen molar-refractivity contribution in [3.63, 3.8) is 0 Å². The zero-order chi connectivity index (χ0) is 33.6. The van der Waals surface area contributed by atoms with Gasteiger partial charge < -0.3 is 18.9 Å². The lowest BCUT2D eigenvalue weighted by molar-refractivity contribution is -0.132. The molecule has 0 N–H and O–H groups in total. The van der Waals surface area contributed by atoms with Crippen LogP contribution in [0, 0.1) is 0 Å². The number of hydrogen-bond acceptors (Lipinski definition) is 8. The molecule has 0 heterocycles. The van der Waals surface area contributed by atoms with Crippen LogP contribution in [0.25, 0.3) is 11.1 Å². The van der Waals surface area contributed by atoms with Gasteiger partial charge in [0, 0.05) is 22.3 Å². The van der Waals surface area contributed by atoms with Gasteiger partial charge in [-0.2, -0.15) is 0 Å². The van der Waals surface area contributed by atoms with E-state index >= 15 is 0 Å². The zero-order valence-corrected chi connectivity index (χ0v) is 25.8. The van der Waals surface area contributed by atoms with Crippen molar-refractivity contribution in [3.8, 4) is 34.1 Å². The molecule has 0 amide bonds. The van der Waals surface area contributed by atoms with Crippen LogP contribution in [0.1, 0.15) is 67.4 Å². The Morgan fingerprint density at radius 2 is 0.930 bits per heavy atom. The molecule has 0 fully saturated rings. The average Bonchev–Trinajstić information content (AvgIpc) is 2.96. The van der Waals surface area contributed by atoms with Gasteiger partial charge in [-0.15, -0.1) is 0 Å². The second-order valence-corrected chi connectivity index (χ2v) is 8.53. The van der Waals surface area contributed by atoms with Gasteiger partial charge in [-0.1, -0.05) is 60.1 Å². The van der Waals surface area contributed by atoms with Crippen LogP contribution in [0.5, 0.6) is 23.0 Å². The van der Waals surface area contributed by atoms with Crippen LogP contribution in [-0.4, -0.2) is 23.9 Å². The maximum atomic E-state index is 14.2. The molecule has 0 saturated heterocycles. The summed E-state index contributed by atoms with van der Waals surface area (Å²) >= 11 is 0. The number of alkyl halides is 2. The summed E-state index contributed by atoms with van der Waals surface area (Å²) < 4.78 is 49.1. The zero-order valence-electron chi connectivity index (χ0n) is 25.8. The highest BCUT2D eigenvalue weighted by atomic mass is 19.3. The minimum atomic E-state index is -3.17. The van der Waals surface area contributed by atoms with Crippen molar-refractivity contribution in [2.45, 2.75) is 61.8 Å². The van der Waals surface area contributed by atoms with Crippen LogP contribution < -0.4 is 18.9 Å². The molecule has 0 atom stereocenters. The number of rotatable bonds is 10. The van der Waals surface area contributed by atoms with E-state index in [1.807, 2.05) is 27.7 Å². The number of benzene rings is 2. The highest BCUT2D eigenvalue weighted by Gasteiger charge is 2.26. The van der Waals surface area contributed by atoms with E-state index in [0.717, 1.165) is 6.07 Å². The lowest BCUT2D eigenvalue weighted by Gasteiger charge is -2.17. The smallest absolute Gasteiger partial charge is 0.338 e. The van der Waals surface area contributed by atoms with Crippen molar-refractivity contribution in [2.24, 2.45) is 0 Å². The first-order chi connectivity index (χ1) is 20.1. The lowest BCUT2D eigenvalue weighted by Crippen LogP contribution is -2.14. The van der Waals surface area contributed by atoms with Gasteiger partial charge in [-0.3, -0.25) is 0 Å². The summed E-state index contributed by atoms with van der Waals surface area (Å²) in [7, 11) is 0. The SMILES string of the molecule is C=C(C)C(=O)Oc1ccc(-c2cc(OC(=O)C(=C)C)c(OC(=O)C(=C)C)c(C(F)F)c2)cc1OC(=O)C(=C)C.CC.CC. The fraction of sp³-hybridized carbons (Fsp3) is 0.273. The molecule has 232 valence electrons. The maximum Gasteiger partial charge on any atom is 0.338 e. The van der Waals surface area contributed by atoms with Crippen molar-refractivity contribution in [1.29, 1.82) is 0 Å². The monoisotopic (exact) mass is 600 g/mol. The fourth-order valence-corrected chi connectivity index (χ4v) is 2.73. The molecule has 2 aromatic carbocycles. The molecule has 0 aliphatic rings. The lowest BCUT2D eigenvalue weighted by atomic mass is 10.0. The van der Waals surface area contributed by atoms with Crippen LogP contribution in [0.2, 0.25) is 0 Å².